The first-order chi connectivity index (χ1) is 19.2. The zero-order valence-corrected chi connectivity index (χ0v) is 22.6. The maximum atomic E-state index is 13.8. The third-order valence-electron chi connectivity index (χ3n) is 8.16. The van der Waals surface area contributed by atoms with E-state index in [0.29, 0.717) is 56.3 Å². The van der Waals surface area contributed by atoms with Crippen LogP contribution in [-0.4, -0.2) is 52.9 Å². The number of amides is 1. The lowest BCUT2D eigenvalue weighted by molar-refractivity contribution is -0.136. The second-order valence-electron chi connectivity index (χ2n) is 10.5. The number of nitrogens with two attached hydrogens (primary N) is 1. The van der Waals surface area contributed by atoms with Gasteiger partial charge in [0.1, 0.15) is 17.9 Å². The second-order valence-corrected chi connectivity index (χ2v) is 10.5. The highest BCUT2D eigenvalue weighted by molar-refractivity contribution is 6.06. The van der Waals surface area contributed by atoms with Gasteiger partial charge in [0.2, 0.25) is 5.91 Å². The van der Waals surface area contributed by atoms with Crippen LogP contribution in [0.25, 0.3) is 10.9 Å². The van der Waals surface area contributed by atoms with Gasteiger partial charge in [0.25, 0.3) is 0 Å². The van der Waals surface area contributed by atoms with Gasteiger partial charge in [0.05, 0.1) is 28.7 Å². The van der Waals surface area contributed by atoms with Crippen molar-refractivity contribution in [2.24, 2.45) is 5.73 Å². The van der Waals surface area contributed by atoms with Crippen molar-refractivity contribution in [3.63, 3.8) is 0 Å². The maximum absolute atomic E-state index is 13.8. The molecule has 1 saturated heterocycles. The van der Waals surface area contributed by atoms with Gasteiger partial charge >= 0.3 is 6.18 Å². The number of anilines is 1. The Morgan fingerprint density at radius 1 is 1.20 bits per heavy atom. The quantitative estimate of drug-likeness (QED) is 0.461. The van der Waals surface area contributed by atoms with E-state index in [1.165, 1.54) is 0 Å². The van der Waals surface area contributed by atoms with Crippen LogP contribution in [0.3, 0.4) is 0 Å². The fourth-order valence-electron chi connectivity index (χ4n) is 5.89. The number of hydrogen-bond donors (Lipinski definition) is 2. The van der Waals surface area contributed by atoms with Crippen LogP contribution in [0, 0.1) is 11.3 Å². The molecule has 3 heterocycles. The number of piperidine rings is 1. The molecule has 1 saturated carbocycles. The SMILES string of the molecule is CC.N#Cc1ccc2c(c1)C1(CCN(CCOc3cc(C(F)(F)F)c4nn(C5CC(N)C5)cc4c3)CC1)C(=O)N2. The van der Waals surface area contributed by atoms with E-state index in [0.717, 1.165) is 17.3 Å². The standard InChI is InChI=1S/C27H27F3N6O2.C2H6/c28-27(29,30)22-13-20(10-17-15-36(34-24(17)22)19-11-18(32)12-19)38-8-7-35-5-3-26(4-6-35)21-9-16(14-31)1-2-23(21)33-25(26)37;1-2/h1-2,9-10,13,15,18-19H,3-8,11-12,32H2,(H,33,37);1-2H3. The van der Waals surface area contributed by atoms with Crippen LogP contribution < -0.4 is 15.8 Å². The highest BCUT2D eigenvalue weighted by atomic mass is 19.4. The van der Waals surface area contributed by atoms with Crippen LogP contribution in [0.15, 0.2) is 36.5 Å². The van der Waals surface area contributed by atoms with E-state index in [1.54, 1.807) is 35.1 Å². The first-order valence-corrected chi connectivity index (χ1v) is 13.7. The van der Waals surface area contributed by atoms with Gasteiger partial charge in [-0.1, -0.05) is 13.8 Å². The Kier molecular flexibility index (Phi) is 7.50. The lowest BCUT2D eigenvalue weighted by atomic mass is 9.73. The molecule has 2 fully saturated rings. The summed E-state index contributed by atoms with van der Waals surface area (Å²) in [7, 11) is 0. The Labute approximate surface area is 230 Å². The third-order valence-corrected chi connectivity index (χ3v) is 8.16. The van der Waals surface area contributed by atoms with Crippen molar-refractivity contribution in [2.45, 2.75) is 63.2 Å². The van der Waals surface area contributed by atoms with Crippen molar-refractivity contribution in [3.05, 3.63) is 53.2 Å². The van der Waals surface area contributed by atoms with Crippen LogP contribution in [0.5, 0.6) is 5.75 Å². The first kappa shape index (κ1) is 27.9. The number of fused-ring (bicyclic) bond motifs is 3. The molecule has 1 spiro atoms. The summed E-state index contributed by atoms with van der Waals surface area (Å²) >= 11 is 0. The van der Waals surface area contributed by atoms with Crippen molar-refractivity contribution in [1.29, 1.82) is 5.26 Å². The molecule has 3 N–H and O–H groups in total. The fraction of sp³-hybridized carbons (Fsp3) is 0.483. The molecule has 8 nitrogen and oxygen atoms in total. The summed E-state index contributed by atoms with van der Waals surface area (Å²) in [5.41, 5.74) is 6.43. The molecule has 1 amide bonds. The molecule has 0 atom stereocenters. The smallest absolute Gasteiger partial charge is 0.418 e. The highest BCUT2D eigenvalue weighted by Crippen LogP contribution is 2.45. The highest BCUT2D eigenvalue weighted by Gasteiger charge is 2.48. The molecule has 212 valence electrons. The number of nitrogens with zero attached hydrogens (tertiary/aromatic N) is 4. The molecule has 2 aliphatic heterocycles. The van der Waals surface area contributed by atoms with E-state index < -0.39 is 17.2 Å². The first-order valence-electron chi connectivity index (χ1n) is 13.7. The minimum Gasteiger partial charge on any atom is -0.492 e. The molecule has 6 rings (SSSR count). The van der Waals surface area contributed by atoms with Gasteiger partial charge in [-0.2, -0.15) is 23.5 Å². The number of rotatable bonds is 5. The molecule has 3 aromatic rings. The molecule has 1 aromatic heterocycles. The van der Waals surface area contributed by atoms with Crippen LogP contribution in [0.4, 0.5) is 18.9 Å². The monoisotopic (exact) mass is 554 g/mol. The van der Waals surface area contributed by atoms with E-state index in [2.05, 4.69) is 21.4 Å². The van der Waals surface area contributed by atoms with Crippen LogP contribution >= 0.6 is 0 Å². The number of likely N-dealkylation sites (tertiary alicyclic amines) is 1. The number of nitrogens with one attached hydrogen (secondary N) is 1. The lowest BCUT2D eigenvalue weighted by Crippen LogP contribution is -2.47. The molecular weight excluding hydrogens is 521 g/mol. The zero-order chi connectivity index (χ0) is 28.7. The van der Waals surface area contributed by atoms with Gasteiger partial charge in [0, 0.05) is 29.9 Å². The maximum Gasteiger partial charge on any atom is 0.418 e. The number of ether oxygens (including phenoxy) is 1. The largest absolute Gasteiger partial charge is 0.492 e. The number of hydrogen-bond acceptors (Lipinski definition) is 6. The van der Waals surface area contributed by atoms with Crippen molar-refractivity contribution in [1.82, 2.24) is 14.7 Å². The van der Waals surface area contributed by atoms with Crippen molar-refractivity contribution < 1.29 is 22.7 Å². The van der Waals surface area contributed by atoms with Crippen molar-refractivity contribution in [3.8, 4) is 11.8 Å². The molecule has 1 aliphatic carbocycles. The van der Waals surface area contributed by atoms with Gasteiger partial charge in [-0.3, -0.25) is 14.4 Å². The average Bonchev–Trinajstić information content (AvgIpc) is 3.46. The van der Waals surface area contributed by atoms with Crippen LogP contribution in [0.2, 0.25) is 0 Å². The summed E-state index contributed by atoms with van der Waals surface area (Å²) in [6.45, 7) is 6.00. The minimum absolute atomic E-state index is 0.0191. The summed E-state index contributed by atoms with van der Waals surface area (Å²) in [4.78, 5) is 15.0. The summed E-state index contributed by atoms with van der Waals surface area (Å²) in [6.07, 6.45) is -0.341. The van der Waals surface area contributed by atoms with Crippen molar-refractivity contribution >= 4 is 22.5 Å². The summed E-state index contributed by atoms with van der Waals surface area (Å²) < 4.78 is 48.9. The van der Waals surface area contributed by atoms with E-state index in [1.807, 2.05) is 13.8 Å². The average molecular weight is 555 g/mol. The number of aromatic nitrogens is 2. The molecule has 40 heavy (non-hydrogen) atoms. The van der Waals surface area contributed by atoms with E-state index in [9.17, 15) is 23.2 Å². The van der Waals surface area contributed by atoms with E-state index >= 15 is 0 Å². The third kappa shape index (κ3) is 5.02. The van der Waals surface area contributed by atoms with Gasteiger partial charge in [-0.15, -0.1) is 0 Å². The van der Waals surface area contributed by atoms with E-state index in [-0.39, 0.29) is 35.9 Å². The Morgan fingerprint density at radius 3 is 2.58 bits per heavy atom. The Bertz CT molecular complexity index is 1450. The van der Waals surface area contributed by atoms with Crippen LogP contribution in [0.1, 0.15) is 62.3 Å². The number of carbonyl (C=O) groups excluding carboxylic acids is 1. The van der Waals surface area contributed by atoms with Gasteiger partial charge in [0.15, 0.2) is 0 Å². The van der Waals surface area contributed by atoms with Gasteiger partial charge in [-0.25, -0.2) is 0 Å². The van der Waals surface area contributed by atoms with Gasteiger partial charge < -0.3 is 15.8 Å². The molecule has 3 aliphatic rings. The summed E-state index contributed by atoms with van der Waals surface area (Å²) in [6, 6.07) is 10.1. The second kappa shape index (κ2) is 10.7. The Morgan fingerprint density at radius 2 is 1.93 bits per heavy atom. The Hall–Kier alpha value is -3.62. The molecule has 11 heteroatoms. The van der Waals surface area contributed by atoms with Gasteiger partial charge in [-0.05, 0) is 74.7 Å². The predicted molar refractivity (Wildman–Crippen MR) is 145 cm³/mol. The molecule has 0 unspecified atom stereocenters. The van der Waals surface area contributed by atoms with E-state index in [4.69, 9.17) is 10.5 Å². The normalized spacial score (nSPS) is 21.7. The number of halogens is 3. The van der Waals surface area contributed by atoms with Crippen molar-refractivity contribution in [2.75, 3.05) is 31.6 Å². The number of carbonyl (C=O) groups is 1. The van der Waals surface area contributed by atoms with Crippen LogP contribution in [-0.2, 0) is 16.4 Å². The fourth-order valence-corrected chi connectivity index (χ4v) is 5.89. The Balaban J connectivity index is 0.00000158. The lowest BCUT2D eigenvalue weighted by Gasteiger charge is -2.38. The number of benzene rings is 2. The minimum atomic E-state index is -4.56. The number of nitriles is 1. The summed E-state index contributed by atoms with van der Waals surface area (Å²) in [5, 5.41) is 16.8. The topological polar surface area (TPSA) is 109 Å². The zero-order valence-electron chi connectivity index (χ0n) is 22.6. The summed E-state index contributed by atoms with van der Waals surface area (Å²) in [5.74, 6) is 0.104. The molecule has 2 aromatic carbocycles. The number of alkyl halides is 3. The molecule has 0 bridgehead atoms. The molecular formula is C29H33F3N6O2. The predicted octanol–water partition coefficient (Wildman–Crippen LogP) is 4.98. The molecule has 0 radical (unpaired) electrons.